The van der Waals surface area contributed by atoms with Gasteiger partial charge in [0.2, 0.25) is 0 Å². The number of carbonyl (C=O) groups excluding carboxylic acids is 1. The van der Waals surface area contributed by atoms with Crippen LogP contribution in [0.4, 0.5) is 0 Å². The fourth-order valence-corrected chi connectivity index (χ4v) is 2.30. The van der Waals surface area contributed by atoms with E-state index in [0.717, 1.165) is 32.6 Å². The molecular formula is C10H17NO3. The van der Waals surface area contributed by atoms with Crippen molar-refractivity contribution in [2.75, 3.05) is 26.4 Å². The van der Waals surface area contributed by atoms with Crippen LogP contribution in [0.15, 0.2) is 0 Å². The van der Waals surface area contributed by atoms with Gasteiger partial charge in [-0.3, -0.25) is 4.79 Å². The molecule has 14 heavy (non-hydrogen) atoms. The predicted octanol–water partition coefficient (Wildman–Crippen LogP) is 0.318. The number of esters is 1. The molecule has 2 aliphatic heterocycles. The third kappa shape index (κ3) is 1.53. The van der Waals surface area contributed by atoms with E-state index in [2.05, 4.69) is 5.32 Å². The lowest BCUT2D eigenvalue weighted by atomic mass is 9.68. The molecule has 0 saturated carbocycles. The second-order valence-corrected chi connectivity index (χ2v) is 4.04. The molecule has 0 aliphatic carbocycles. The number of carbonyl (C=O) groups is 1. The van der Waals surface area contributed by atoms with Crippen LogP contribution in [-0.4, -0.2) is 38.4 Å². The molecule has 4 nitrogen and oxygen atoms in total. The number of hydrogen-bond acceptors (Lipinski definition) is 4. The van der Waals surface area contributed by atoms with Gasteiger partial charge in [-0.15, -0.1) is 0 Å². The van der Waals surface area contributed by atoms with Gasteiger partial charge < -0.3 is 14.8 Å². The van der Waals surface area contributed by atoms with Crippen LogP contribution in [0.2, 0.25) is 0 Å². The summed E-state index contributed by atoms with van der Waals surface area (Å²) in [6, 6.07) is -0.0913. The Morgan fingerprint density at radius 3 is 2.79 bits per heavy atom. The highest BCUT2D eigenvalue weighted by atomic mass is 16.5. The molecule has 2 fully saturated rings. The summed E-state index contributed by atoms with van der Waals surface area (Å²) in [5, 5.41) is 3.16. The minimum Gasteiger partial charge on any atom is -0.465 e. The molecule has 1 atom stereocenters. The monoisotopic (exact) mass is 199 g/mol. The minimum atomic E-state index is -0.0966. The highest BCUT2D eigenvalue weighted by Crippen LogP contribution is 2.40. The maximum Gasteiger partial charge on any atom is 0.323 e. The minimum absolute atomic E-state index is 0.0913. The van der Waals surface area contributed by atoms with E-state index in [-0.39, 0.29) is 17.4 Å². The summed E-state index contributed by atoms with van der Waals surface area (Å²) < 4.78 is 10.3. The maximum absolute atomic E-state index is 11.6. The van der Waals surface area contributed by atoms with Gasteiger partial charge in [-0.05, 0) is 19.8 Å². The zero-order valence-electron chi connectivity index (χ0n) is 8.54. The number of rotatable bonds is 2. The van der Waals surface area contributed by atoms with Crippen molar-refractivity contribution in [1.29, 1.82) is 0 Å². The molecule has 2 aliphatic rings. The number of nitrogens with one attached hydrogen (secondary N) is 1. The zero-order valence-corrected chi connectivity index (χ0v) is 8.54. The van der Waals surface area contributed by atoms with Crippen molar-refractivity contribution in [3.8, 4) is 0 Å². The SMILES string of the molecule is CCOC(=O)C1NCC12CCOCC2. The molecule has 0 amide bonds. The van der Waals surface area contributed by atoms with Crippen molar-refractivity contribution in [3.05, 3.63) is 0 Å². The highest BCUT2D eigenvalue weighted by molar-refractivity contribution is 5.78. The van der Waals surface area contributed by atoms with Gasteiger partial charge in [0.1, 0.15) is 6.04 Å². The first-order valence-electron chi connectivity index (χ1n) is 5.26. The quantitative estimate of drug-likeness (QED) is 0.651. The van der Waals surface area contributed by atoms with Gasteiger partial charge in [0.25, 0.3) is 0 Å². The molecule has 2 heterocycles. The molecule has 1 N–H and O–H groups in total. The summed E-state index contributed by atoms with van der Waals surface area (Å²) in [4.78, 5) is 11.6. The van der Waals surface area contributed by atoms with E-state index in [4.69, 9.17) is 9.47 Å². The van der Waals surface area contributed by atoms with Crippen molar-refractivity contribution >= 4 is 5.97 Å². The Bertz CT molecular complexity index is 223. The molecule has 4 heteroatoms. The van der Waals surface area contributed by atoms with Gasteiger partial charge >= 0.3 is 5.97 Å². The third-order valence-electron chi connectivity index (χ3n) is 3.28. The van der Waals surface area contributed by atoms with Crippen LogP contribution in [0, 0.1) is 5.41 Å². The molecule has 0 aromatic rings. The lowest BCUT2D eigenvalue weighted by Gasteiger charge is -2.50. The van der Waals surface area contributed by atoms with Crippen molar-refractivity contribution in [3.63, 3.8) is 0 Å². The van der Waals surface area contributed by atoms with Gasteiger partial charge in [-0.2, -0.15) is 0 Å². The summed E-state index contributed by atoms with van der Waals surface area (Å²) in [5.41, 5.74) is 0.129. The third-order valence-corrected chi connectivity index (χ3v) is 3.28. The van der Waals surface area contributed by atoms with E-state index in [9.17, 15) is 4.79 Å². The summed E-state index contributed by atoms with van der Waals surface area (Å²) in [6.07, 6.45) is 1.95. The smallest absolute Gasteiger partial charge is 0.323 e. The number of ether oxygens (including phenoxy) is 2. The normalized spacial score (nSPS) is 29.6. The molecule has 0 radical (unpaired) electrons. The lowest BCUT2D eigenvalue weighted by molar-refractivity contribution is -0.158. The Morgan fingerprint density at radius 2 is 2.29 bits per heavy atom. The van der Waals surface area contributed by atoms with Gasteiger partial charge in [-0.25, -0.2) is 0 Å². The van der Waals surface area contributed by atoms with Gasteiger partial charge in [0.05, 0.1) is 6.61 Å². The van der Waals surface area contributed by atoms with Crippen LogP contribution in [0.5, 0.6) is 0 Å². The van der Waals surface area contributed by atoms with Gasteiger partial charge in [-0.1, -0.05) is 0 Å². The lowest BCUT2D eigenvalue weighted by Crippen LogP contribution is -2.67. The molecule has 1 unspecified atom stereocenters. The van der Waals surface area contributed by atoms with Crippen LogP contribution in [0.1, 0.15) is 19.8 Å². The topological polar surface area (TPSA) is 47.6 Å². The fraction of sp³-hybridized carbons (Fsp3) is 0.900. The summed E-state index contributed by atoms with van der Waals surface area (Å²) in [6.45, 7) is 4.78. The van der Waals surface area contributed by atoms with Crippen molar-refractivity contribution in [2.24, 2.45) is 5.41 Å². The molecule has 80 valence electrons. The summed E-state index contributed by atoms with van der Waals surface area (Å²) >= 11 is 0. The molecule has 2 saturated heterocycles. The van der Waals surface area contributed by atoms with Crippen molar-refractivity contribution in [2.45, 2.75) is 25.8 Å². The zero-order chi connectivity index (χ0) is 10.0. The molecule has 0 aromatic carbocycles. The molecule has 0 bridgehead atoms. The Balaban J connectivity index is 1.96. The van der Waals surface area contributed by atoms with E-state index in [1.807, 2.05) is 6.92 Å². The van der Waals surface area contributed by atoms with E-state index < -0.39 is 0 Å². The predicted molar refractivity (Wildman–Crippen MR) is 50.9 cm³/mol. The largest absolute Gasteiger partial charge is 0.465 e. The van der Waals surface area contributed by atoms with E-state index in [1.54, 1.807) is 0 Å². The van der Waals surface area contributed by atoms with E-state index >= 15 is 0 Å². The van der Waals surface area contributed by atoms with Crippen LogP contribution >= 0.6 is 0 Å². The molecular weight excluding hydrogens is 182 g/mol. The van der Waals surface area contributed by atoms with Crippen LogP contribution < -0.4 is 5.32 Å². The van der Waals surface area contributed by atoms with Crippen molar-refractivity contribution in [1.82, 2.24) is 5.32 Å². The van der Waals surface area contributed by atoms with E-state index in [0.29, 0.717) is 6.61 Å². The Hall–Kier alpha value is -0.610. The first-order chi connectivity index (χ1) is 6.78. The fourth-order valence-electron chi connectivity index (χ4n) is 2.30. The Kier molecular flexibility index (Phi) is 2.74. The van der Waals surface area contributed by atoms with Crippen LogP contribution in [0.25, 0.3) is 0 Å². The first-order valence-corrected chi connectivity index (χ1v) is 5.26. The standard InChI is InChI=1S/C10H17NO3/c1-2-14-9(12)8-10(7-11-8)3-5-13-6-4-10/h8,11H,2-7H2,1H3. The number of hydrogen-bond donors (Lipinski definition) is 1. The summed E-state index contributed by atoms with van der Waals surface area (Å²) in [5.74, 6) is -0.0966. The molecule has 1 spiro atoms. The van der Waals surface area contributed by atoms with Gasteiger partial charge in [0.15, 0.2) is 0 Å². The van der Waals surface area contributed by atoms with Gasteiger partial charge in [0, 0.05) is 25.2 Å². The second-order valence-electron chi connectivity index (χ2n) is 4.04. The first kappa shape index (κ1) is 9.93. The average molecular weight is 199 g/mol. The maximum atomic E-state index is 11.6. The second kappa shape index (κ2) is 3.87. The van der Waals surface area contributed by atoms with Crippen LogP contribution in [0.3, 0.4) is 0 Å². The van der Waals surface area contributed by atoms with Crippen molar-refractivity contribution < 1.29 is 14.3 Å². The molecule has 2 rings (SSSR count). The highest BCUT2D eigenvalue weighted by Gasteiger charge is 2.51. The average Bonchev–Trinajstić information content (AvgIpc) is 2.18. The van der Waals surface area contributed by atoms with Crippen LogP contribution in [-0.2, 0) is 14.3 Å². The Labute approximate surface area is 84.0 Å². The summed E-state index contributed by atoms with van der Waals surface area (Å²) in [7, 11) is 0. The molecule has 0 aromatic heterocycles. The van der Waals surface area contributed by atoms with E-state index in [1.165, 1.54) is 0 Å². The Morgan fingerprint density at radius 1 is 1.57 bits per heavy atom.